The number of hydrogen-bond acceptors (Lipinski definition) is 3. The van der Waals surface area contributed by atoms with Gasteiger partial charge in [0.15, 0.2) is 0 Å². The van der Waals surface area contributed by atoms with Gasteiger partial charge in [-0.1, -0.05) is 26.2 Å². The number of hydrogen-bond donors (Lipinski definition) is 3. The Kier molecular flexibility index (Phi) is 13.1. The molecule has 0 rings (SSSR count). The molecule has 0 saturated carbocycles. The minimum Gasteiger partial charge on any atom is -0.481 e. The van der Waals surface area contributed by atoms with Crippen LogP contribution in [0.15, 0.2) is 0 Å². The zero-order valence-corrected chi connectivity index (χ0v) is 8.40. The molecule has 3 N–H and O–H groups in total. The molecule has 0 unspecified atom stereocenters. The molecule has 84 valence electrons. The molecule has 0 aliphatic carbocycles. The SMILES string of the molecule is CCCCCCC(=O)O.O=C(O)CO. The van der Waals surface area contributed by atoms with Crippen LogP contribution in [0.4, 0.5) is 0 Å². The highest BCUT2D eigenvalue weighted by Crippen LogP contribution is 2.01. The van der Waals surface area contributed by atoms with Crippen molar-refractivity contribution in [2.75, 3.05) is 6.61 Å². The highest BCUT2D eigenvalue weighted by molar-refractivity contribution is 5.67. The summed E-state index contributed by atoms with van der Waals surface area (Å²) in [5.41, 5.74) is 0. The van der Waals surface area contributed by atoms with Gasteiger partial charge in [-0.05, 0) is 6.42 Å². The molecule has 0 amide bonds. The molecule has 0 heterocycles. The molecule has 0 aliphatic heterocycles. The van der Waals surface area contributed by atoms with E-state index in [0.29, 0.717) is 6.42 Å². The van der Waals surface area contributed by atoms with E-state index < -0.39 is 18.5 Å². The zero-order valence-electron chi connectivity index (χ0n) is 8.40. The summed E-state index contributed by atoms with van der Waals surface area (Å²) < 4.78 is 0. The summed E-state index contributed by atoms with van der Waals surface area (Å²) in [6, 6.07) is 0. The Morgan fingerprint density at radius 2 is 1.50 bits per heavy atom. The summed E-state index contributed by atoms with van der Waals surface area (Å²) >= 11 is 0. The first kappa shape index (κ1) is 15.4. The molecule has 14 heavy (non-hydrogen) atoms. The van der Waals surface area contributed by atoms with E-state index >= 15 is 0 Å². The van der Waals surface area contributed by atoms with Crippen molar-refractivity contribution in [3.8, 4) is 0 Å². The van der Waals surface area contributed by atoms with Gasteiger partial charge in [0.2, 0.25) is 0 Å². The van der Waals surface area contributed by atoms with E-state index in [1.165, 1.54) is 6.42 Å². The van der Waals surface area contributed by atoms with Crippen LogP contribution in [0, 0.1) is 0 Å². The number of aliphatic hydroxyl groups is 1. The van der Waals surface area contributed by atoms with Crippen molar-refractivity contribution < 1.29 is 24.9 Å². The Labute approximate surface area is 83.4 Å². The fourth-order valence-electron chi connectivity index (χ4n) is 0.703. The van der Waals surface area contributed by atoms with Crippen LogP contribution >= 0.6 is 0 Å². The molecule has 5 heteroatoms. The summed E-state index contributed by atoms with van der Waals surface area (Å²) in [7, 11) is 0. The Bertz CT molecular complexity index is 155. The summed E-state index contributed by atoms with van der Waals surface area (Å²) in [5, 5.41) is 23.2. The third kappa shape index (κ3) is 22.4. The molecule has 0 radical (unpaired) electrons. The summed E-state index contributed by atoms with van der Waals surface area (Å²) in [6.45, 7) is 1.33. The van der Waals surface area contributed by atoms with Crippen LogP contribution < -0.4 is 0 Å². The van der Waals surface area contributed by atoms with Gasteiger partial charge in [-0.3, -0.25) is 4.79 Å². The van der Waals surface area contributed by atoms with Crippen LogP contribution in [0.3, 0.4) is 0 Å². The molecule has 0 aromatic carbocycles. The summed E-state index contributed by atoms with van der Waals surface area (Å²) in [6.07, 6.45) is 4.55. The minimum atomic E-state index is -1.19. The molecular weight excluding hydrogens is 188 g/mol. The first-order valence-electron chi connectivity index (χ1n) is 4.59. The van der Waals surface area contributed by atoms with Gasteiger partial charge < -0.3 is 15.3 Å². The second-order valence-electron chi connectivity index (χ2n) is 2.76. The summed E-state index contributed by atoms with van der Waals surface area (Å²) in [4.78, 5) is 19.1. The lowest BCUT2D eigenvalue weighted by molar-refractivity contribution is -0.140. The third-order valence-corrected chi connectivity index (χ3v) is 1.38. The molecule has 5 nitrogen and oxygen atoms in total. The topological polar surface area (TPSA) is 94.8 Å². The monoisotopic (exact) mass is 206 g/mol. The third-order valence-electron chi connectivity index (χ3n) is 1.38. The Balaban J connectivity index is 0. The lowest BCUT2D eigenvalue weighted by Crippen LogP contribution is -1.98. The van der Waals surface area contributed by atoms with Crippen molar-refractivity contribution in [1.82, 2.24) is 0 Å². The van der Waals surface area contributed by atoms with Crippen molar-refractivity contribution in [3.63, 3.8) is 0 Å². The fourth-order valence-corrected chi connectivity index (χ4v) is 0.703. The van der Waals surface area contributed by atoms with Crippen LogP contribution in [-0.4, -0.2) is 33.9 Å². The smallest absolute Gasteiger partial charge is 0.329 e. The number of aliphatic hydroxyl groups excluding tert-OH is 1. The summed E-state index contributed by atoms with van der Waals surface area (Å²) in [5.74, 6) is -1.86. The maximum absolute atomic E-state index is 9.96. The minimum absolute atomic E-state index is 0.333. The predicted octanol–water partition coefficient (Wildman–Crippen LogP) is 1.10. The van der Waals surface area contributed by atoms with Gasteiger partial charge in [0, 0.05) is 6.42 Å². The van der Waals surface area contributed by atoms with Crippen LogP contribution in [0.25, 0.3) is 0 Å². The number of aliphatic carboxylic acids is 2. The fraction of sp³-hybridized carbons (Fsp3) is 0.778. The average Bonchev–Trinajstić information content (AvgIpc) is 2.13. The van der Waals surface area contributed by atoms with E-state index in [2.05, 4.69) is 6.92 Å². The van der Waals surface area contributed by atoms with E-state index in [1.807, 2.05) is 0 Å². The molecular formula is C9H18O5. The van der Waals surface area contributed by atoms with E-state index in [0.717, 1.165) is 19.3 Å². The first-order valence-corrected chi connectivity index (χ1v) is 4.59. The highest BCUT2D eigenvalue weighted by atomic mass is 16.4. The van der Waals surface area contributed by atoms with Gasteiger partial charge in [0.1, 0.15) is 6.61 Å². The molecule has 0 aromatic heterocycles. The van der Waals surface area contributed by atoms with Crippen molar-refractivity contribution in [1.29, 1.82) is 0 Å². The maximum Gasteiger partial charge on any atom is 0.329 e. The van der Waals surface area contributed by atoms with E-state index in [-0.39, 0.29) is 0 Å². The number of rotatable bonds is 6. The molecule has 0 fully saturated rings. The molecule has 0 spiro atoms. The van der Waals surface area contributed by atoms with Crippen LogP contribution in [0.1, 0.15) is 39.0 Å². The van der Waals surface area contributed by atoms with Gasteiger partial charge in [-0.2, -0.15) is 0 Å². The Morgan fingerprint density at radius 1 is 1.00 bits per heavy atom. The number of carboxylic acids is 2. The normalized spacial score (nSPS) is 8.71. The van der Waals surface area contributed by atoms with Gasteiger partial charge >= 0.3 is 11.9 Å². The van der Waals surface area contributed by atoms with E-state index in [4.69, 9.17) is 20.1 Å². The van der Waals surface area contributed by atoms with Crippen LogP contribution in [0.5, 0.6) is 0 Å². The van der Waals surface area contributed by atoms with E-state index in [1.54, 1.807) is 0 Å². The van der Waals surface area contributed by atoms with Crippen LogP contribution in [-0.2, 0) is 9.59 Å². The Morgan fingerprint density at radius 3 is 1.79 bits per heavy atom. The largest absolute Gasteiger partial charge is 0.481 e. The molecule has 0 saturated heterocycles. The zero-order chi connectivity index (χ0) is 11.4. The lowest BCUT2D eigenvalue weighted by Gasteiger charge is -1.92. The first-order chi connectivity index (χ1) is 6.54. The van der Waals surface area contributed by atoms with Crippen molar-refractivity contribution >= 4 is 11.9 Å². The Hall–Kier alpha value is -1.10. The molecule has 0 aliphatic rings. The van der Waals surface area contributed by atoms with Crippen molar-refractivity contribution in [2.24, 2.45) is 0 Å². The molecule has 0 aromatic rings. The average molecular weight is 206 g/mol. The molecule has 0 bridgehead atoms. The van der Waals surface area contributed by atoms with Crippen molar-refractivity contribution in [3.05, 3.63) is 0 Å². The van der Waals surface area contributed by atoms with Crippen molar-refractivity contribution in [2.45, 2.75) is 39.0 Å². The highest BCUT2D eigenvalue weighted by Gasteiger charge is 1.93. The molecule has 0 atom stereocenters. The number of carboxylic acid groups (broad SMARTS) is 2. The quantitative estimate of drug-likeness (QED) is 0.566. The number of unbranched alkanes of at least 4 members (excludes halogenated alkanes) is 3. The van der Waals surface area contributed by atoms with Gasteiger partial charge in [0.05, 0.1) is 0 Å². The van der Waals surface area contributed by atoms with Crippen LogP contribution in [0.2, 0.25) is 0 Å². The second-order valence-corrected chi connectivity index (χ2v) is 2.76. The second kappa shape index (κ2) is 11.9. The maximum atomic E-state index is 9.96. The van der Waals surface area contributed by atoms with Gasteiger partial charge in [0.25, 0.3) is 0 Å². The lowest BCUT2D eigenvalue weighted by atomic mass is 10.2. The predicted molar refractivity (Wildman–Crippen MR) is 51.1 cm³/mol. The van der Waals surface area contributed by atoms with Gasteiger partial charge in [-0.15, -0.1) is 0 Å². The van der Waals surface area contributed by atoms with Gasteiger partial charge in [-0.25, -0.2) is 4.79 Å². The van der Waals surface area contributed by atoms with E-state index in [9.17, 15) is 4.79 Å². The standard InChI is InChI=1S/C7H14O2.C2H4O3/c1-2-3-4-5-6-7(8)9;3-1-2(4)5/h2-6H2,1H3,(H,8,9);3H,1H2,(H,4,5). The number of carbonyl (C=O) groups is 2.